The number of carbonyl (C=O) groups excluding carboxylic acids is 1. The molecule has 0 saturated carbocycles. The summed E-state index contributed by atoms with van der Waals surface area (Å²) in [6, 6.07) is 2.85. The highest BCUT2D eigenvalue weighted by atomic mass is 35.5. The Balaban J connectivity index is 2.75. The Morgan fingerprint density at radius 2 is 2.13 bits per heavy atom. The zero-order valence-corrected chi connectivity index (χ0v) is 8.52. The zero-order valence-electron chi connectivity index (χ0n) is 7.76. The van der Waals surface area contributed by atoms with Crippen LogP contribution in [0.25, 0.3) is 0 Å². The molecule has 1 aromatic heterocycles. The first-order valence-electron chi connectivity index (χ1n) is 4.26. The van der Waals surface area contributed by atoms with Crippen molar-refractivity contribution in [3.63, 3.8) is 0 Å². The highest BCUT2D eigenvalue weighted by Gasteiger charge is 2.26. The minimum Gasteiger partial charge on any atom is -0.457 e. The number of furan rings is 1. The van der Waals surface area contributed by atoms with Crippen LogP contribution >= 0.6 is 11.6 Å². The number of aliphatic hydroxyl groups excluding tert-OH is 3. The van der Waals surface area contributed by atoms with Crippen molar-refractivity contribution in [2.75, 3.05) is 6.61 Å². The number of halogens is 1. The highest BCUT2D eigenvalue weighted by Crippen LogP contribution is 2.13. The summed E-state index contributed by atoms with van der Waals surface area (Å²) < 4.78 is 4.98. The van der Waals surface area contributed by atoms with Gasteiger partial charge in [0.1, 0.15) is 18.0 Å². The van der Waals surface area contributed by atoms with Crippen LogP contribution in [-0.4, -0.2) is 39.9 Å². The van der Waals surface area contributed by atoms with E-state index in [2.05, 4.69) is 0 Å². The van der Waals surface area contributed by atoms with Crippen molar-refractivity contribution in [3.05, 3.63) is 23.7 Å². The molecule has 0 aliphatic carbocycles. The number of ketones is 1. The molecule has 0 bridgehead atoms. The number of alkyl halides is 1. The third-order valence-corrected chi connectivity index (χ3v) is 2.12. The first kappa shape index (κ1) is 12.2. The van der Waals surface area contributed by atoms with Crippen LogP contribution in [0.1, 0.15) is 16.3 Å². The molecular formula is C9H11ClO5. The van der Waals surface area contributed by atoms with Crippen LogP contribution in [0.15, 0.2) is 16.5 Å². The van der Waals surface area contributed by atoms with Crippen molar-refractivity contribution in [1.29, 1.82) is 0 Å². The van der Waals surface area contributed by atoms with E-state index < -0.39 is 24.6 Å². The van der Waals surface area contributed by atoms with Gasteiger partial charge in [-0.3, -0.25) is 4.79 Å². The molecule has 1 aromatic rings. The lowest BCUT2D eigenvalue weighted by molar-refractivity contribution is -0.00623. The van der Waals surface area contributed by atoms with Crippen molar-refractivity contribution in [2.45, 2.75) is 18.1 Å². The lowest BCUT2D eigenvalue weighted by Gasteiger charge is -2.12. The van der Waals surface area contributed by atoms with E-state index in [-0.39, 0.29) is 11.6 Å². The lowest BCUT2D eigenvalue weighted by Crippen LogP contribution is -2.36. The molecule has 15 heavy (non-hydrogen) atoms. The van der Waals surface area contributed by atoms with E-state index in [0.717, 1.165) is 0 Å². The van der Waals surface area contributed by atoms with Crippen LogP contribution in [0.3, 0.4) is 0 Å². The summed E-state index contributed by atoms with van der Waals surface area (Å²) >= 11 is 5.46. The van der Waals surface area contributed by atoms with Crippen LogP contribution in [0, 0.1) is 0 Å². The molecule has 0 fully saturated rings. The first-order chi connectivity index (χ1) is 7.10. The summed E-state index contributed by atoms with van der Waals surface area (Å²) in [4.78, 5) is 11.4. The van der Waals surface area contributed by atoms with Crippen molar-refractivity contribution >= 4 is 17.4 Å². The normalized spacial score (nSPS) is 14.9. The summed E-state index contributed by atoms with van der Waals surface area (Å²) in [6.45, 7) is -0.698. The Hall–Kier alpha value is -0.880. The number of rotatable bonds is 5. The third-order valence-electron chi connectivity index (χ3n) is 1.86. The molecule has 0 radical (unpaired) electrons. The molecule has 6 heteroatoms. The molecule has 1 rings (SSSR count). The fraction of sp³-hybridized carbons (Fsp3) is 0.444. The molecule has 0 aromatic carbocycles. The molecule has 2 atom stereocenters. The van der Waals surface area contributed by atoms with E-state index in [1.807, 2.05) is 0 Å². The summed E-state index contributed by atoms with van der Waals surface area (Å²) in [5.74, 6) is -0.365. The van der Waals surface area contributed by atoms with E-state index in [9.17, 15) is 9.90 Å². The van der Waals surface area contributed by atoms with Gasteiger partial charge in [-0.05, 0) is 12.1 Å². The molecule has 0 aliphatic rings. The highest BCUT2D eigenvalue weighted by molar-refractivity contribution is 6.16. The smallest absolute Gasteiger partial charge is 0.229 e. The number of aliphatic hydroxyl groups is 3. The summed E-state index contributed by atoms with van der Waals surface area (Å²) in [6.07, 6.45) is -3.20. The predicted molar refractivity (Wildman–Crippen MR) is 51.7 cm³/mol. The number of hydrogen-bond donors (Lipinski definition) is 3. The number of carbonyl (C=O) groups is 1. The van der Waals surface area contributed by atoms with Crippen LogP contribution in [0.5, 0.6) is 0 Å². The van der Waals surface area contributed by atoms with Gasteiger partial charge in [-0.2, -0.15) is 0 Å². The maximum atomic E-state index is 11.4. The zero-order chi connectivity index (χ0) is 11.4. The van der Waals surface area contributed by atoms with Gasteiger partial charge in [0.05, 0.1) is 12.5 Å². The average molecular weight is 235 g/mol. The first-order valence-corrected chi connectivity index (χ1v) is 4.79. The minimum atomic E-state index is -1.69. The van der Waals surface area contributed by atoms with E-state index in [1.165, 1.54) is 12.1 Å². The summed E-state index contributed by atoms with van der Waals surface area (Å²) in [5, 5.41) is 26.8. The van der Waals surface area contributed by atoms with Crippen LogP contribution < -0.4 is 0 Å². The van der Waals surface area contributed by atoms with Crippen molar-refractivity contribution in [2.24, 2.45) is 0 Å². The molecule has 0 spiro atoms. The fourth-order valence-corrected chi connectivity index (χ4v) is 1.15. The SMILES string of the molecule is O=C(c1ccc(CCl)o1)C(O)C(O)CO. The topological polar surface area (TPSA) is 90.9 Å². The fourth-order valence-electron chi connectivity index (χ4n) is 1.00. The van der Waals surface area contributed by atoms with E-state index in [1.54, 1.807) is 0 Å². The summed E-state index contributed by atoms with van der Waals surface area (Å²) in [7, 11) is 0. The van der Waals surface area contributed by atoms with Crippen LogP contribution in [-0.2, 0) is 5.88 Å². The maximum Gasteiger partial charge on any atom is 0.229 e. The van der Waals surface area contributed by atoms with Gasteiger partial charge >= 0.3 is 0 Å². The Morgan fingerprint density at radius 1 is 1.47 bits per heavy atom. The molecule has 5 nitrogen and oxygen atoms in total. The van der Waals surface area contributed by atoms with Crippen molar-refractivity contribution < 1.29 is 24.5 Å². The molecule has 0 aliphatic heterocycles. The Labute approximate surface area is 90.9 Å². The van der Waals surface area contributed by atoms with Gasteiger partial charge < -0.3 is 19.7 Å². The van der Waals surface area contributed by atoms with Gasteiger partial charge in [0, 0.05) is 0 Å². The summed E-state index contributed by atoms with van der Waals surface area (Å²) in [5.41, 5.74) is 0. The van der Waals surface area contributed by atoms with E-state index in [4.69, 9.17) is 26.2 Å². The molecule has 3 N–H and O–H groups in total. The minimum absolute atomic E-state index is 0.0920. The Kier molecular flexibility index (Phi) is 4.28. The van der Waals surface area contributed by atoms with E-state index in [0.29, 0.717) is 5.76 Å². The number of hydrogen-bond acceptors (Lipinski definition) is 5. The Morgan fingerprint density at radius 3 is 2.60 bits per heavy atom. The van der Waals surface area contributed by atoms with Gasteiger partial charge in [-0.1, -0.05) is 0 Å². The maximum absolute atomic E-state index is 11.4. The lowest BCUT2D eigenvalue weighted by atomic mass is 10.1. The average Bonchev–Trinajstić information content (AvgIpc) is 2.74. The van der Waals surface area contributed by atoms with Crippen LogP contribution in [0.2, 0.25) is 0 Å². The molecule has 84 valence electrons. The largest absolute Gasteiger partial charge is 0.457 e. The van der Waals surface area contributed by atoms with Gasteiger partial charge in [-0.25, -0.2) is 0 Å². The second-order valence-corrected chi connectivity index (χ2v) is 3.23. The molecule has 0 amide bonds. The van der Waals surface area contributed by atoms with Gasteiger partial charge in [0.25, 0.3) is 0 Å². The van der Waals surface area contributed by atoms with E-state index >= 15 is 0 Å². The quantitative estimate of drug-likeness (QED) is 0.490. The van der Waals surface area contributed by atoms with Crippen molar-refractivity contribution in [3.8, 4) is 0 Å². The van der Waals surface area contributed by atoms with Gasteiger partial charge in [0.15, 0.2) is 5.76 Å². The second-order valence-electron chi connectivity index (χ2n) is 2.96. The van der Waals surface area contributed by atoms with Gasteiger partial charge in [-0.15, -0.1) is 11.6 Å². The third kappa shape index (κ3) is 2.79. The molecule has 0 saturated heterocycles. The monoisotopic (exact) mass is 234 g/mol. The molecule has 1 heterocycles. The molecule has 2 unspecified atom stereocenters. The second kappa shape index (κ2) is 5.27. The van der Waals surface area contributed by atoms with Crippen molar-refractivity contribution in [1.82, 2.24) is 0 Å². The Bertz CT molecular complexity index is 335. The van der Waals surface area contributed by atoms with Crippen LogP contribution in [0.4, 0.5) is 0 Å². The number of Topliss-reactive ketones (excluding diaryl/α,β-unsaturated/α-hetero) is 1. The predicted octanol–water partition coefficient (Wildman–Crippen LogP) is -0.0848. The van der Waals surface area contributed by atoms with Gasteiger partial charge in [0.2, 0.25) is 5.78 Å². The standard InChI is InChI=1S/C9H11ClO5/c10-3-5-1-2-7(15-5)9(14)8(13)6(12)4-11/h1-2,6,8,11-13H,3-4H2. The molecular weight excluding hydrogens is 224 g/mol.